The standard InChI is InChI=1S/C16H19N3S/c1-13(9-10-14-6-3-2-4-7-14)18-16(20)19-15-8-5-11-17-12-15/h2-8,11-13H,9-10H2,1H3,(H2,18,19,20). The molecule has 1 atom stereocenters. The molecule has 0 saturated heterocycles. The minimum atomic E-state index is 0.326. The molecule has 0 aliphatic rings. The minimum Gasteiger partial charge on any atom is -0.360 e. The Morgan fingerprint density at radius 1 is 1.20 bits per heavy atom. The van der Waals surface area contributed by atoms with Gasteiger partial charge in [0.25, 0.3) is 0 Å². The number of hydrogen-bond donors (Lipinski definition) is 2. The van der Waals surface area contributed by atoms with Gasteiger partial charge in [-0.15, -0.1) is 0 Å². The van der Waals surface area contributed by atoms with E-state index in [4.69, 9.17) is 12.2 Å². The average molecular weight is 285 g/mol. The molecule has 0 fully saturated rings. The molecule has 0 aliphatic carbocycles. The van der Waals surface area contributed by atoms with E-state index < -0.39 is 0 Å². The first-order chi connectivity index (χ1) is 9.74. The molecule has 0 bridgehead atoms. The van der Waals surface area contributed by atoms with Gasteiger partial charge in [-0.05, 0) is 49.7 Å². The van der Waals surface area contributed by atoms with E-state index in [0.717, 1.165) is 18.5 Å². The lowest BCUT2D eigenvalue weighted by molar-refractivity contribution is 0.609. The van der Waals surface area contributed by atoms with Crippen molar-refractivity contribution in [1.82, 2.24) is 10.3 Å². The summed E-state index contributed by atoms with van der Waals surface area (Å²) in [6, 6.07) is 14.6. The maximum atomic E-state index is 5.29. The Bertz CT molecular complexity index is 528. The van der Waals surface area contributed by atoms with Gasteiger partial charge in [-0.25, -0.2) is 0 Å². The van der Waals surface area contributed by atoms with Crippen LogP contribution in [0.2, 0.25) is 0 Å². The summed E-state index contributed by atoms with van der Waals surface area (Å²) in [5, 5.41) is 7.06. The number of aryl methyl sites for hydroxylation is 1. The van der Waals surface area contributed by atoms with E-state index in [9.17, 15) is 0 Å². The Balaban J connectivity index is 1.74. The highest BCUT2D eigenvalue weighted by molar-refractivity contribution is 7.80. The van der Waals surface area contributed by atoms with Gasteiger partial charge in [0.15, 0.2) is 5.11 Å². The molecule has 0 saturated carbocycles. The molecule has 4 heteroatoms. The van der Waals surface area contributed by atoms with Crippen LogP contribution >= 0.6 is 12.2 Å². The van der Waals surface area contributed by atoms with E-state index in [1.807, 2.05) is 18.2 Å². The first kappa shape index (κ1) is 14.5. The van der Waals surface area contributed by atoms with E-state index in [1.54, 1.807) is 12.4 Å². The van der Waals surface area contributed by atoms with Crippen molar-refractivity contribution in [2.45, 2.75) is 25.8 Å². The van der Waals surface area contributed by atoms with Gasteiger partial charge in [-0.2, -0.15) is 0 Å². The second kappa shape index (κ2) is 7.60. The molecule has 20 heavy (non-hydrogen) atoms. The number of benzene rings is 1. The van der Waals surface area contributed by atoms with Crippen LogP contribution in [0, 0.1) is 0 Å². The molecule has 1 aromatic carbocycles. The van der Waals surface area contributed by atoms with Crippen molar-refractivity contribution in [3.05, 3.63) is 60.4 Å². The van der Waals surface area contributed by atoms with Crippen LogP contribution in [0.15, 0.2) is 54.9 Å². The summed E-state index contributed by atoms with van der Waals surface area (Å²) in [7, 11) is 0. The summed E-state index contributed by atoms with van der Waals surface area (Å²) >= 11 is 5.29. The molecule has 0 radical (unpaired) electrons. The number of nitrogens with one attached hydrogen (secondary N) is 2. The lowest BCUT2D eigenvalue weighted by Crippen LogP contribution is -2.36. The number of anilines is 1. The number of thiocarbonyl (C=S) groups is 1. The highest BCUT2D eigenvalue weighted by Gasteiger charge is 2.05. The van der Waals surface area contributed by atoms with Crippen molar-refractivity contribution in [3.63, 3.8) is 0 Å². The van der Waals surface area contributed by atoms with Gasteiger partial charge in [0, 0.05) is 12.2 Å². The molecule has 0 spiro atoms. The zero-order valence-electron chi connectivity index (χ0n) is 11.5. The van der Waals surface area contributed by atoms with E-state index in [-0.39, 0.29) is 0 Å². The van der Waals surface area contributed by atoms with E-state index >= 15 is 0 Å². The van der Waals surface area contributed by atoms with Crippen LogP contribution in [-0.4, -0.2) is 16.1 Å². The van der Waals surface area contributed by atoms with Crippen molar-refractivity contribution < 1.29 is 0 Å². The van der Waals surface area contributed by atoms with E-state index in [2.05, 4.69) is 46.8 Å². The summed E-state index contributed by atoms with van der Waals surface area (Å²) in [6.45, 7) is 2.14. The van der Waals surface area contributed by atoms with Gasteiger partial charge < -0.3 is 10.6 Å². The number of rotatable bonds is 5. The summed E-state index contributed by atoms with van der Waals surface area (Å²) in [4.78, 5) is 4.04. The fourth-order valence-electron chi connectivity index (χ4n) is 1.93. The first-order valence-electron chi connectivity index (χ1n) is 6.75. The molecule has 1 unspecified atom stereocenters. The van der Waals surface area contributed by atoms with Gasteiger partial charge in [-0.1, -0.05) is 30.3 Å². The zero-order chi connectivity index (χ0) is 14.2. The number of pyridine rings is 1. The zero-order valence-corrected chi connectivity index (χ0v) is 12.4. The fraction of sp³-hybridized carbons (Fsp3) is 0.250. The molecule has 3 nitrogen and oxygen atoms in total. The summed E-state index contributed by atoms with van der Waals surface area (Å²) in [5.41, 5.74) is 2.26. The summed E-state index contributed by atoms with van der Waals surface area (Å²) in [6.07, 6.45) is 5.58. The van der Waals surface area contributed by atoms with Crippen LogP contribution < -0.4 is 10.6 Å². The molecule has 0 aliphatic heterocycles. The van der Waals surface area contributed by atoms with Crippen LogP contribution in [0.3, 0.4) is 0 Å². The monoisotopic (exact) mass is 285 g/mol. The van der Waals surface area contributed by atoms with Gasteiger partial charge >= 0.3 is 0 Å². The highest BCUT2D eigenvalue weighted by Crippen LogP contribution is 2.06. The van der Waals surface area contributed by atoms with E-state index in [0.29, 0.717) is 11.2 Å². The van der Waals surface area contributed by atoms with Gasteiger partial charge in [0.2, 0.25) is 0 Å². The maximum Gasteiger partial charge on any atom is 0.171 e. The fourth-order valence-corrected chi connectivity index (χ4v) is 2.25. The lowest BCUT2D eigenvalue weighted by Gasteiger charge is -2.16. The number of hydrogen-bond acceptors (Lipinski definition) is 2. The Morgan fingerprint density at radius 2 is 2.00 bits per heavy atom. The smallest absolute Gasteiger partial charge is 0.171 e. The Morgan fingerprint density at radius 3 is 2.70 bits per heavy atom. The second-order valence-electron chi connectivity index (χ2n) is 4.77. The van der Waals surface area contributed by atoms with Crippen molar-refractivity contribution in [2.75, 3.05) is 5.32 Å². The number of aromatic nitrogens is 1. The van der Waals surface area contributed by atoms with Gasteiger partial charge in [0.1, 0.15) is 0 Å². The second-order valence-corrected chi connectivity index (χ2v) is 5.17. The van der Waals surface area contributed by atoms with Crippen LogP contribution in [0.4, 0.5) is 5.69 Å². The predicted octanol–water partition coefficient (Wildman–Crippen LogP) is 3.39. The molecular weight excluding hydrogens is 266 g/mol. The largest absolute Gasteiger partial charge is 0.360 e. The van der Waals surface area contributed by atoms with Crippen LogP contribution in [0.5, 0.6) is 0 Å². The molecule has 2 rings (SSSR count). The van der Waals surface area contributed by atoms with Crippen LogP contribution in [-0.2, 0) is 6.42 Å². The molecule has 104 valence electrons. The third-order valence-electron chi connectivity index (χ3n) is 3.01. The normalized spacial score (nSPS) is 11.7. The third kappa shape index (κ3) is 4.97. The van der Waals surface area contributed by atoms with Crippen LogP contribution in [0.25, 0.3) is 0 Å². The van der Waals surface area contributed by atoms with Crippen molar-refractivity contribution in [2.24, 2.45) is 0 Å². The first-order valence-corrected chi connectivity index (χ1v) is 7.16. The molecule has 1 aromatic heterocycles. The Hall–Kier alpha value is -1.94. The third-order valence-corrected chi connectivity index (χ3v) is 3.23. The Labute approximate surface area is 125 Å². The maximum absolute atomic E-state index is 5.29. The molecular formula is C16H19N3S. The van der Waals surface area contributed by atoms with Gasteiger partial charge in [0.05, 0.1) is 11.9 Å². The summed E-state index contributed by atoms with van der Waals surface area (Å²) < 4.78 is 0. The topological polar surface area (TPSA) is 37.0 Å². The Kier molecular flexibility index (Phi) is 5.50. The SMILES string of the molecule is CC(CCc1ccccc1)NC(=S)Nc1cccnc1. The molecule has 2 N–H and O–H groups in total. The van der Waals surface area contributed by atoms with Gasteiger partial charge in [-0.3, -0.25) is 4.98 Å². The highest BCUT2D eigenvalue weighted by atomic mass is 32.1. The van der Waals surface area contributed by atoms with Crippen LogP contribution in [0.1, 0.15) is 18.9 Å². The van der Waals surface area contributed by atoms with Crippen molar-refractivity contribution >= 4 is 23.0 Å². The molecule has 1 heterocycles. The quantitative estimate of drug-likeness (QED) is 0.826. The average Bonchev–Trinajstić information content (AvgIpc) is 2.47. The molecule has 0 amide bonds. The van der Waals surface area contributed by atoms with Crippen molar-refractivity contribution in [1.29, 1.82) is 0 Å². The number of nitrogens with zero attached hydrogens (tertiary/aromatic N) is 1. The summed E-state index contributed by atoms with van der Waals surface area (Å²) in [5.74, 6) is 0. The van der Waals surface area contributed by atoms with Crippen molar-refractivity contribution in [3.8, 4) is 0 Å². The lowest BCUT2D eigenvalue weighted by atomic mass is 10.1. The molecule has 2 aromatic rings. The minimum absolute atomic E-state index is 0.326. The predicted molar refractivity (Wildman–Crippen MR) is 87.8 cm³/mol. The van der Waals surface area contributed by atoms with E-state index in [1.165, 1.54) is 5.56 Å².